The summed E-state index contributed by atoms with van der Waals surface area (Å²) in [6.07, 6.45) is 1.06. The van der Waals surface area contributed by atoms with Crippen molar-refractivity contribution in [1.82, 2.24) is 10.6 Å². The third-order valence-electron chi connectivity index (χ3n) is 3.17. The van der Waals surface area contributed by atoms with Crippen molar-refractivity contribution >= 4 is 23.2 Å². The van der Waals surface area contributed by atoms with Gasteiger partial charge in [-0.05, 0) is 56.5 Å². The van der Waals surface area contributed by atoms with Gasteiger partial charge in [-0.2, -0.15) is 0 Å². The van der Waals surface area contributed by atoms with Crippen molar-refractivity contribution in [2.75, 3.05) is 0 Å². The summed E-state index contributed by atoms with van der Waals surface area (Å²) >= 11 is 5.10. The molecule has 116 valence electrons. The number of hydrogen-bond donors (Lipinski definition) is 2. The van der Waals surface area contributed by atoms with Gasteiger partial charge in [0.25, 0.3) is 0 Å². The Morgan fingerprint density at radius 2 is 1.67 bits per heavy atom. The van der Waals surface area contributed by atoms with Gasteiger partial charge >= 0.3 is 0 Å². The summed E-state index contributed by atoms with van der Waals surface area (Å²) in [5.74, 6) is 0.339. The van der Waals surface area contributed by atoms with Gasteiger partial charge in [0.2, 0.25) is 5.91 Å². The van der Waals surface area contributed by atoms with Gasteiger partial charge < -0.3 is 10.6 Å². The van der Waals surface area contributed by atoms with E-state index < -0.39 is 0 Å². The lowest BCUT2D eigenvalue weighted by molar-refractivity contribution is -0.120. The van der Waals surface area contributed by atoms with Gasteiger partial charge in [0.15, 0.2) is 5.11 Å². The molecule has 0 aliphatic heterocycles. The highest BCUT2D eigenvalue weighted by Crippen LogP contribution is 2.17. The van der Waals surface area contributed by atoms with Crippen LogP contribution in [0, 0.1) is 5.92 Å². The average molecular weight is 306 g/mol. The van der Waals surface area contributed by atoms with Crippen molar-refractivity contribution in [3.05, 3.63) is 35.4 Å². The molecule has 3 nitrogen and oxygen atoms in total. The Hall–Kier alpha value is -1.42. The minimum atomic E-state index is -0.218. The molecule has 0 heterocycles. The molecule has 0 aromatic heterocycles. The first kappa shape index (κ1) is 17.6. The van der Waals surface area contributed by atoms with Crippen LogP contribution in [0.1, 0.15) is 51.7 Å². The van der Waals surface area contributed by atoms with Crippen LogP contribution < -0.4 is 10.6 Å². The molecule has 0 saturated heterocycles. The second-order valence-corrected chi connectivity index (χ2v) is 6.59. The molecule has 1 amide bonds. The Kier molecular flexibility index (Phi) is 6.82. The molecule has 1 atom stereocenters. The normalized spacial score (nSPS) is 12.3. The number of carbonyl (C=O) groups is 1. The number of carbonyl (C=O) groups excluding carboxylic acids is 1. The Labute approximate surface area is 133 Å². The molecule has 4 heteroatoms. The molecule has 0 fully saturated rings. The zero-order valence-corrected chi connectivity index (χ0v) is 14.4. The average Bonchev–Trinajstić information content (AvgIpc) is 2.36. The molecule has 0 aliphatic rings. The van der Waals surface area contributed by atoms with E-state index in [0.717, 1.165) is 12.0 Å². The molecule has 0 spiro atoms. The van der Waals surface area contributed by atoms with Crippen molar-refractivity contribution in [3.8, 4) is 0 Å². The van der Waals surface area contributed by atoms with Crippen LogP contribution in [0.3, 0.4) is 0 Å². The molecule has 1 rings (SSSR count). The number of hydrogen-bond acceptors (Lipinski definition) is 2. The highest BCUT2D eigenvalue weighted by Gasteiger charge is 2.16. The second kappa shape index (κ2) is 8.13. The lowest BCUT2D eigenvalue weighted by atomic mass is 9.96. The maximum atomic E-state index is 12.2. The molecule has 0 bridgehead atoms. The van der Waals surface area contributed by atoms with Crippen LogP contribution in [-0.2, 0) is 11.2 Å². The van der Waals surface area contributed by atoms with E-state index in [0.29, 0.717) is 11.0 Å². The first-order valence-electron chi connectivity index (χ1n) is 7.49. The summed E-state index contributed by atoms with van der Waals surface area (Å²) in [6, 6.07) is 8.47. The van der Waals surface area contributed by atoms with E-state index >= 15 is 0 Å². The first-order valence-corrected chi connectivity index (χ1v) is 7.90. The molecule has 1 aromatic carbocycles. The van der Waals surface area contributed by atoms with Gasteiger partial charge in [-0.1, -0.05) is 38.1 Å². The minimum Gasteiger partial charge on any atom is -0.360 e. The molecule has 0 radical (unpaired) electrons. The minimum absolute atomic E-state index is 0.0789. The zero-order valence-electron chi connectivity index (χ0n) is 13.6. The topological polar surface area (TPSA) is 41.1 Å². The van der Waals surface area contributed by atoms with Crippen LogP contribution in [0.25, 0.3) is 0 Å². The fourth-order valence-corrected chi connectivity index (χ4v) is 2.42. The van der Waals surface area contributed by atoms with E-state index in [4.69, 9.17) is 12.2 Å². The van der Waals surface area contributed by atoms with E-state index in [1.807, 2.05) is 32.9 Å². The van der Waals surface area contributed by atoms with E-state index in [1.165, 1.54) is 5.56 Å². The SMILES string of the molecule is CC(C)Cc1ccc(C(C)C(=O)NC(=S)NC(C)C)cc1. The molecule has 1 unspecified atom stereocenters. The van der Waals surface area contributed by atoms with Crippen LogP contribution in [0.5, 0.6) is 0 Å². The van der Waals surface area contributed by atoms with Gasteiger partial charge in [-0.25, -0.2) is 0 Å². The number of amides is 1. The van der Waals surface area contributed by atoms with Crippen LogP contribution >= 0.6 is 12.2 Å². The molecule has 0 saturated carbocycles. The Morgan fingerprint density at radius 1 is 1.10 bits per heavy atom. The second-order valence-electron chi connectivity index (χ2n) is 6.18. The third-order valence-corrected chi connectivity index (χ3v) is 3.39. The molecular formula is C17H26N2OS. The summed E-state index contributed by atoms with van der Waals surface area (Å²) in [5.41, 5.74) is 2.31. The van der Waals surface area contributed by atoms with E-state index in [9.17, 15) is 4.79 Å². The Balaban J connectivity index is 2.63. The number of thiocarbonyl (C=S) groups is 1. The standard InChI is InChI=1S/C17H26N2OS/c1-11(2)10-14-6-8-15(9-7-14)13(5)16(20)19-17(21)18-12(3)4/h6-9,11-13H,10H2,1-5H3,(H2,18,19,20,21). The Morgan fingerprint density at radius 3 is 2.14 bits per heavy atom. The lowest BCUT2D eigenvalue weighted by Gasteiger charge is -2.16. The maximum Gasteiger partial charge on any atom is 0.233 e. The fourth-order valence-electron chi connectivity index (χ4n) is 2.08. The largest absolute Gasteiger partial charge is 0.360 e. The summed E-state index contributed by atoms with van der Waals surface area (Å²) < 4.78 is 0. The van der Waals surface area contributed by atoms with Crippen molar-refractivity contribution in [2.45, 2.75) is 53.0 Å². The third kappa shape index (κ3) is 6.25. The predicted octanol–water partition coefficient (Wildman–Crippen LogP) is 3.39. The molecule has 1 aromatic rings. The Bertz CT molecular complexity index is 480. The summed E-state index contributed by atoms with van der Waals surface area (Å²) in [5, 5.41) is 6.14. The lowest BCUT2D eigenvalue weighted by Crippen LogP contribution is -2.43. The number of benzene rings is 1. The van der Waals surface area contributed by atoms with Gasteiger partial charge in [-0.3, -0.25) is 4.79 Å². The van der Waals surface area contributed by atoms with Crippen LogP contribution in [-0.4, -0.2) is 17.1 Å². The first-order chi connectivity index (χ1) is 9.79. The molecular weight excluding hydrogens is 280 g/mol. The number of rotatable bonds is 5. The highest BCUT2D eigenvalue weighted by atomic mass is 32.1. The monoisotopic (exact) mass is 306 g/mol. The summed E-state index contributed by atoms with van der Waals surface area (Å²) in [6.45, 7) is 10.3. The van der Waals surface area contributed by atoms with Gasteiger partial charge in [-0.15, -0.1) is 0 Å². The highest BCUT2D eigenvalue weighted by molar-refractivity contribution is 7.80. The number of nitrogens with one attached hydrogen (secondary N) is 2. The summed E-state index contributed by atoms with van der Waals surface area (Å²) in [7, 11) is 0. The van der Waals surface area contributed by atoms with Gasteiger partial charge in [0.1, 0.15) is 0 Å². The van der Waals surface area contributed by atoms with E-state index in [2.05, 4.69) is 36.6 Å². The quantitative estimate of drug-likeness (QED) is 0.819. The predicted molar refractivity (Wildman–Crippen MR) is 92.4 cm³/mol. The smallest absolute Gasteiger partial charge is 0.233 e. The van der Waals surface area contributed by atoms with E-state index in [-0.39, 0.29) is 17.9 Å². The van der Waals surface area contributed by atoms with E-state index in [1.54, 1.807) is 0 Å². The fraction of sp³-hybridized carbons (Fsp3) is 0.529. The van der Waals surface area contributed by atoms with Crippen LogP contribution in [0.15, 0.2) is 24.3 Å². The van der Waals surface area contributed by atoms with Crippen LogP contribution in [0.4, 0.5) is 0 Å². The molecule has 2 N–H and O–H groups in total. The van der Waals surface area contributed by atoms with Crippen LogP contribution in [0.2, 0.25) is 0 Å². The molecule has 0 aliphatic carbocycles. The zero-order chi connectivity index (χ0) is 16.0. The van der Waals surface area contributed by atoms with Gasteiger partial charge in [0.05, 0.1) is 5.92 Å². The maximum absolute atomic E-state index is 12.2. The van der Waals surface area contributed by atoms with Crippen molar-refractivity contribution in [3.63, 3.8) is 0 Å². The van der Waals surface area contributed by atoms with Crippen molar-refractivity contribution < 1.29 is 4.79 Å². The molecule has 21 heavy (non-hydrogen) atoms. The summed E-state index contributed by atoms with van der Waals surface area (Å²) in [4.78, 5) is 12.2. The van der Waals surface area contributed by atoms with Crippen molar-refractivity contribution in [1.29, 1.82) is 0 Å². The van der Waals surface area contributed by atoms with Crippen molar-refractivity contribution in [2.24, 2.45) is 5.92 Å². The van der Waals surface area contributed by atoms with Gasteiger partial charge in [0, 0.05) is 6.04 Å².